The highest BCUT2D eigenvalue weighted by molar-refractivity contribution is 5.55. The third-order valence-corrected chi connectivity index (χ3v) is 2.40. The molecule has 0 heterocycles. The van der Waals surface area contributed by atoms with Crippen LogP contribution in [-0.2, 0) is 0 Å². The quantitative estimate of drug-likeness (QED) is 0.471. The largest absolute Gasteiger partial charge is 0.490 e. The number of azo groups is 1. The first-order chi connectivity index (χ1) is 9.20. The second-order valence-electron chi connectivity index (χ2n) is 3.65. The molecule has 0 radical (unpaired) electrons. The second-order valence-corrected chi connectivity index (χ2v) is 3.65. The number of nitro groups is 1. The molecule has 0 unspecified atom stereocenters. The third kappa shape index (κ3) is 3.12. The fraction of sp³-hybridized carbons (Fsp3) is 0.0769. The van der Waals surface area contributed by atoms with Gasteiger partial charge in [0.2, 0.25) is 0 Å². The lowest BCUT2D eigenvalue weighted by Gasteiger charge is -2.01. The summed E-state index contributed by atoms with van der Waals surface area (Å²) in [6.07, 6.45) is 0. The standard InChI is InChI=1S/C13H11N3O3/c1-19-13-8-7-11(9-12(13)16(17)18)15-14-10-5-3-2-4-6-10/h2-9H,1H3. The van der Waals surface area contributed by atoms with Crippen molar-refractivity contribution in [2.24, 2.45) is 10.2 Å². The van der Waals surface area contributed by atoms with E-state index in [9.17, 15) is 10.1 Å². The van der Waals surface area contributed by atoms with Gasteiger partial charge in [-0.05, 0) is 24.3 Å². The van der Waals surface area contributed by atoms with E-state index in [4.69, 9.17) is 4.74 Å². The molecule has 0 aliphatic heterocycles. The van der Waals surface area contributed by atoms with Gasteiger partial charge in [0, 0.05) is 6.07 Å². The van der Waals surface area contributed by atoms with Crippen molar-refractivity contribution in [3.8, 4) is 5.75 Å². The number of hydrogen-bond acceptors (Lipinski definition) is 5. The Morgan fingerprint density at radius 3 is 2.37 bits per heavy atom. The number of benzene rings is 2. The molecule has 0 saturated carbocycles. The Bertz CT molecular complexity index is 612. The van der Waals surface area contributed by atoms with E-state index < -0.39 is 4.92 Å². The summed E-state index contributed by atoms with van der Waals surface area (Å²) in [5, 5.41) is 18.8. The molecule has 2 aromatic rings. The Morgan fingerprint density at radius 1 is 1.05 bits per heavy atom. The van der Waals surface area contributed by atoms with Crippen molar-refractivity contribution in [2.45, 2.75) is 0 Å². The maximum Gasteiger partial charge on any atom is 0.313 e. The van der Waals surface area contributed by atoms with Crippen LogP contribution in [0.3, 0.4) is 0 Å². The molecule has 0 spiro atoms. The minimum Gasteiger partial charge on any atom is -0.490 e. The topological polar surface area (TPSA) is 77.1 Å². The van der Waals surface area contributed by atoms with E-state index in [0.717, 1.165) is 0 Å². The van der Waals surface area contributed by atoms with Crippen LogP contribution >= 0.6 is 0 Å². The molecule has 19 heavy (non-hydrogen) atoms. The molecule has 0 bridgehead atoms. The van der Waals surface area contributed by atoms with Gasteiger partial charge < -0.3 is 4.74 Å². The number of nitro benzene ring substituents is 1. The van der Waals surface area contributed by atoms with Gasteiger partial charge in [-0.25, -0.2) is 0 Å². The van der Waals surface area contributed by atoms with Gasteiger partial charge in [-0.2, -0.15) is 10.2 Å². The van der Waals surface area contributed by atoms with Crippen molar-refractivity contribution in [1.29, 1.82) is 0 Å². The van der Waals surface area contributed by atoms with Crippen molar-refractivity contribution in [1.82, 2.24) is 0 Å². The van der Waals surface area contributed by atoms with Crippen LogP contribution in [0.1, 0.15) is 0 Å². The van der Waals surface area contributed by atoms with Crippen molar-refractivity contribution in [3.05, 3.63) is 58.6 Å². The summed E-state index contributed by atoms with van der Waals surface area (Å²) >= 11 is 0. The average molecular weight is 257 g/mol. The van der Waals surface area contributed by atoms with Crippen molar-refractivity contribution in [2.75, 3.05) is 7.11 Å². The van der Waals surface area contributed by atoms with Crippen LogP contribution < -0.4 is 4.74 Å². The lowest BCUT2D eigenvalue weighted by atomic mass is 10.2. The summed E-state index contributed by atoms with van der Waals surface area (Å²) in [5.74, 6) is 0.198. The fourth-order valence-corrected chi connectivity index (χ4v) is 1.49. The molecule has 0 fully saturated rings. The van der Waals surface area contributed by atoms with Crippen LogP contribution in [-0.4, -0.2) is 12.0 Å². The van der Waals surface area contributed by atoms with Gasteiger partial charge in [-0.1, -0.05) is 18.2 Å². The first-order valence-electron chi connectivity index (χ1n) is 5.50. The van der Waals surface area contributed by atoms with Gasteiger partial charge in [0.1, 0.15) is 0 Å². The van der Waals surface area contributed by atoms with E-state index in [1.54, 1.807) is 18.2 Å². The average Bonchev–Trinajstić information content (AvgIpc) is 2.46. The Kier molecular flexibility index (Phi) is 3.82. The van der Waals surface area contributed by atoms with E-state index in [1.807, 2.05) is 18.2 Å². The van der Waals surface area contributed by atoms with E-state index >= 15 is 0 Å². The zero-order valence-electron chi connectivity index (χ0n) is 10.2. The van der Waals surface area contributed by atoms with Crippen molar-refractivity contribution >= 4 is 17.1 Å². The number of methoxy groups -OCH3 is 1. The molecule has 0 N–H and O–H groups in total. The predicted molar refractivity (Wildman–Crippen MR) is 70.3 cm³/mol. The smallest absolute Gasteiger partial charge is 0.313 e. The molecule has 2 aromatic carbocycles. The first-order valence-corrected chi connectivity index (χ1v) is 5.50. The summed E-state index contributed by atoms with van der Waals surface area (Å²) in [5.41, 5.74) is 0.948. The summed E-state index contributed by atoms with van der Waals surface area (Å²) in [6.45, 7) is 0. The molecule has 6 heteroatoms. The maximum atomic E-state index is 10.9. The Labute approximate surface area is 109 Å². The minimum atomic E-state index is -0.514. The zero-order valence-corrected chi connectivity index (χ0v) is 10.2. The van der Waals surface area contributed by atoms with Crippen LogP contribution in [0, 0.1) is 10.1 Å². The van der Waals surface area contributed by atoms with E-state index in [-0.39, 0.29) is 11.4 Å². The molecule has 96 valence electrons. The van der Waals surface area contributed by atoms with Crippen LogP contribution in [0.25, 0.3) is 0 Å². The van der Waals surface area contributed by atoms with Crippen LogP contribution in [0.4, 0.5) is 17.1 Å². The van der Waals surface area contributed by atoms with Crippen LogP contribution in [0.5, 0.6) is 5.75 Å². The minimum absolute atomic E-state index is 0.132. The maximum absolute atomic E-state index is 10.9. The number of ether oxygens (including phenoxy) is 1. The summed E-state index contributed by atoms with van der Waals surface area (Å²) in [6, 6.07) is 13.6. The normalized spacial score (nSPS) is 10.6. The fourth-order valence-electron chi connectivity index (χ4n) is 1.49. The van der Waals surface area contributed by atoms with E-state index in [1.165, 1.54) is 19.2 Å². The molecule has 0 atom stereocenters. The van der Waals surface area contributed by atoms with Crippen molar-refractivity contribution < 1.29 is 9.66 Å². The lowest BCUT2D eigenvalue weighted by Crippen LogP contribution is -1.92. The number of rotatable bonds is 4. The molecule has 2 rings (SSSR count). The summed E-state index contributed by atoms with van der Waals surface area (Å²) < 4.78 is 4.91. The molecule has 0 aliphatic rings. The zero-order chi connectivity index (χ0) is 13.7. The number of nitrogens with zero attached hydrogens (tertiary/aromatic N) is 3. The van der Waals surface area contributed by atoms with Crippen LogP contribution in [0.15, 0.2) is 58.8 Å². The SMILES string of the molecule is COc1ccc(N=Nc2ccccc2)cc1[N+](=O)[O-]. The highest BCUT2D eigenvalue weighted by Gasteiger charge is 2.14. The van der Waals surface area contributed by atoms with Gasteiger partial charge in [-0.3, -0.25) is 10.1 Å². The van der Waals surface area contributed by atoms with Gasteiger partial charge >= 0.3 is 5.69 Å². The Morgan fingerprint density at radius 2 is 1.74 bits per heavy atom. The highest BCUT2D eigenvalue weighted by atomic mass is 16.6. The molecule has 6 nitrogen and oxygen atoms in total. The molecular formula is C13H11N3O3. The van der Waals surface area contributed by atoms with Gasteiger partial charge in [0.15, 0.2) is 5.75 Å². The molecule has 0 amide bonds. The van der Waals surface area contributed by atoms with Gasteiger partial charge in [0.05, 0.1) is 23.4 Å². The Hall–Kier alpha value is -2.76. The molecule has 0 aliphatic carbocycles. The van der Waals surface area contributed by atoms with Crippen LogP contribution in [0.2, 0.25) is 0 Å². The lowest BCUT2D eigenvalue weighted by molar-refractivity contribution is -0.385. The Balaban J connectivity index is 2.29. The monoisotopic (exact) mass is 257 g/mol. The highest BCUT2D eigenvalue weighted by Crippen LogP contribution is 2.31. The van der Waals surface area contributed by atoms with Gasteiger partial charge in [-0.15, -0.1) is 0 Å². The van der Waals surface area contributed by atoms with E-state index in [0.29, 0.717) is 11.4 Å². The van der Waals surface area contributed by atoms with Crippen molar-refractivity contribution in [3.63, 3.8) is 0 Å². The summed E-state index contributed by atoms with van der Waals surface area (Å²) in [4.78, 5) is 10.3. The molecule has 0 saturated heterocycles. The predicted octanol–water partition coefficient (Wildman–Crippen LogP) is 4.02. The van der Waals surface area contributed by atoms with E-state index in [2.05, 4.69) is 10.2 Å². The summed E-state index contributed by atoms with van der Waals surface area (Å²) in [7, 11) is 1.38. The first kappa shape index (κ1) is 12.7. The second kappa shape index (κ2) is 5.72. The molecular weight excluding hydrogens is 246 g/mol. The molecule has 0 aromatic heterocycles. The number of hydrogen-bond donors (Lipinski definition) is 0. The third-order valence-electron chi connectivity index (χ3n) is 2.40. The van der Waals surface area contributed by atoms with Gasteiger partial charge in [0.25, 0.3) is 0 Å².